The van der Waals surface area contributed by atoms with Gasteiger partial charge in [0.1, 0.15) is 11.9 Å². The molecule has 0 spiro atoms. The predicted molar refractivity (Wildman–Crippen MR) is 139 cm³/mol. The third-order valence-electron chi connectivity index (χ3n) is 6.89. The minimum Gasteiger partial charge on any atom is -0.367 e. The molecule has 0 saturated carbocycles. The Morgan fingerprint density at radius 3 is 2.50 bits per heavy atom. The van der Waals surface area contributed by atoms with Gasteiger partial charge < -0.3 is 9.88 Å². The number of anilines is 1. The van der Waals surface area contributed by atoms with Crippen LogP contribution in [0.5, 0.6) is 0 Å². The number of aromatic nitrogens is 5. The van der Waals surface area contributed by atoms with Gasteiger partial charge in [-0.3, -0.25) is 9.69 Å². The third kappa shape index (κ3) is 4.51. The number of halogens is 1. The minimum absolute atomic E-state index is 0.156. The highest BCUT2D eigenvalue weighted by molar-refractivity contribution is 5.80. The Hall–Kier alpha value is -3.59. The Kier molecular flexibility index (Phi) is 6.34. The molecule has 2 aromatic heterocycles. The van der Waals surface area contributed by atoms with Crippen molar-refractivity contribution in [2.45, 2.75) is 45.7 Å². The van der Waals surface area contributed by atoms with E-state index in [0.29, 0.717) is 43.3 Å². The molecular formula is C27H32FN7O. The number of rotatable bonds is 5. The molecule has 1 N–H and O–H groups in total. The minimum atomic E-state index is -0.444. The van der Waals surface area contributed by atoms with Crippen LogP contribution in [0.25, 0.3) is 10.9 Å². The summed E-state index contributed by atoms with van der Waals surface area (Å²) in [6.07, 6.45) is 0.911. The topological polar surface area (TPSA) is 82.9 Å². The first kappa shape index (κ1) is 24.1. The SMILES string of the molecule is CCc1ccc2[nH]c(=O)c([C@@H](c3nnnn3C(C)(C)C)N3CCN(c4ccccc4F)CC3)cc2c1. The Bertz CT molecular complexity index is 1430. The van der Waals surface area contributed by atoms with E-state index in [0.717, 1.165) is 17.3 Å². The fraction of sp³-hybridized carbons (Fsp3) is 0.407. The number of tetrazole rings is 1. The second-order valence-electron chi connectivity index (χ2n) is 10.3. The van der Waals surface area contributed by atoms with E-state index in [4.69, 9.17) is 0 Å². The lowest BCUT2D eigenvalue weighted by Crippen LogP contribution is -2.49. The van der Waals surface area contributed by atoms with Gasteiger partial charge in [-0.2, -0.15) is 0 Å². The molecule has 0 bridgehead atoms. The summed E-state index contributed by atoms with van der Waals surface area (Å²) in [6, 6.07) is 14.5. The molecule has 9 heteroatoms. The van der Waals surface area contributed by atoms with Gasteiger partial charge in [0.05, 0.1) is 11.2 Å². The van der Waals surface area contributed by atoms with Gasteiger partial charge in [0.25, 0.3) is 5.56 Å². The Morgan fingerprint density at radius 2 is 1.81 bits per heavy atom. The summed E-state index contributed by atoms with van der Waals surface area (Å²) >= 11 is 0. The number of nitrogens with one attached hydrogen (secondary N) is 1. The first-order chi connectivity index (χ1) is 17.3. The number of benzene rings is 2. The third-order valence-corrected chi connectivity index (χ3v) is 6.89. The lowest BCUT2D eigenvalue weighted by molar-refractivity contribution is 0.190. The number of aryl methyl sites for hydroxylation is 1. The summed E-state index contributed by atoms with van der Waals surface area (Å²) in [7, 11) is 0. The highest BCUT2D eigenvalue weighted by Gasteiger charge is 2.35. The summed E-state index contributed by atoms with van der Waals surface area (Å²) in [5.41, 5.74) is 2.69. The first-order valence-corrected chi connectivity index (χ1v) is 12.4. The van der Waals surface area contributed by atoms with Crippen LogP contribution in [0.3, 0.4) is 0 Å². The highest BCUT2D eigenvalue weighted by Crippen LogP contribution is 2.31. The average molecular weight is 490 g/mol. The van der Waals surface area contributed by atoms with Crippen LogP contribution in [0.15, 0.2) is 53.3 Å². The number of fused-ring (bicyclic) bond motifs is 1. The lowest BCUT2D eigenvalue weighted by Gasteiger charge is -2.40. The molecule has 1 fully saturated rings. The summed E-state index contributed by atoms with van der Waals surface area (Å²) in [5.74, 6) is 0.398. The molecule has 2 aromatic carbocycles. The number of hydrogen-bond donors (Lipinski definition) is 1. The Morgan fingerprint density at radius 1 is 1.06 bits per heavy atom. The molecule has 1 saturated heterocycles. The van der Waals surface area contributed by atoms with E-state index >= 15 is 0 Å². The van der Waals surface area contributed by atoms with Gasteiger partial charge in [0.15, 0.2) is 5.82 Å². The van der Waals surface area contributed by atoms with Gasteiger partial charge in [-0.1, -0.05) is 25.1 Å². The zero-order valence-electron chi connectivity index (χ0n) is 21.2. The molecular weight excluding hydrogens is 457 g/mol. The number of para-hydroxylation sites is 1. The van der Waals surface area contributed by atoms with E-state index in [2.05, 4.69) is 38.4 Å². The molecule has 0 aliphatic carbocycles. The molecule has 8 nitrogen and oxygen atoms in total. The van der Waals surface area contributed by atoms with Crippen LogP contribution < -0.4 is 10.5 Å². The van der Waals surface area contributed by atoms with Gasteiger partial charge in [-0.05, 0) is 78.9 Å². The highest BCUT2D eigenvalue weighted by atomic mass is 19.1. The van der Waals surface area contributed by atoms with Crippen molar-refractivity contribution in [3.05, 3.63) is 81.7 Å². The molecule has 1 aliphatic rings. The van der Waals surface area contributed by atoms with Crippen LogP contribution >= 0.6 is 0 Å². The standard InChI is InChI=1S/C27H32FN7O/c1-5-18-10-11-22-19(16-18)17-20(26(36)29-22)24(25-30-31-32-35(25)27(2,3)4)34-14-12-33(13-15-34)23-9-7-6-8-21(23)28/h6-11,16-17,24H,5,12-15H2,1-4H3,(H,29,36)/t24-/m0/s1. The zero-order chi connectivity index (χ0) is 25.4. The van der Waals surface area contributed by atoms with Gasteiger partial charge in [0.2, 0.25) is 0 Å². The second-order valence-corrected chi connectivity index (χ2v) is 10.3. The van der Waals surface area contributed by atoms with Crippen molar-refractivity contribution in [3.63, 3.8) is 0 Å². The van der Waals surface area contributed by atoms with Crippen molar-refractivity contribution in [1.82, 2.24) is 30.1 Å². The van der Waals surface area contributed by atoms with E-state index < -0.39 is 6.04 Å². The normalized spacial score (nSPS) is 16.0. The smallest absolute Gasteiger partial charge is 0.253 e. The van der Waals surface area contributed by atoms with Crippen molar-refractivity contribution in [2.24, 2.45) is 0 Å². The fourth-order valence-electron chi connectivity index (χ4n) is 4.97. The molecule has 3 heterocycles. The monoisotopic (exact) mass is 489 g/mol. The van der Waals surface area contributed by atoms with Gasteiger partial charge in [-0.15, -0.1) is 5.10 Å². The average Bonchev–Trinajstić information content (AvgIpc) is 3.35. The number of pyridine rings is 1. The van der Waals surface area contributed by atoms with Crippen molar-refractivity contribution >= 4 is 16.6 Å². The van der Waals surface area contributed by atoms with Gasteiger partial charge in [-0.25, -0.2) is 9.07 Å². The summed E-state index contributed by atoms with van der Waals surface area (Å²) < 4.78 is 16.2. The van der Waals surface area contributed by atoms with Crippen LogP contribution in [0.4, 0.5) is 10.1 Å². The van der Waals surface area contributed by atoms with E-state index in [-0.39, 0.29) is 16.9 Å². The van der Waals surface area contributed by atoms with Crippen LogP contribution in [0.2, 0.25) is 0 Å². The number of nitrogens with zero attached hydrogens (tertiary/aromatic N) is 6. The molecule has 0 amide bonds. The van der Waals surface area contributed by atoms with Crippen LogP contribution in [0, 0.1) is 5.82 Å². The van der Waals surface area contributed by atoms with Crippen LogP contribution in [-0.2, 0) is 12.0 Å². The quantitative estimate of drug-likeness (QED) is 0.458. The molecule has 188 valence electrons. The molecule has 4 aromatic rings. The lowest BCUT2D eigenvalue weighted by atomic mass is 10.00. The molecule has 0 radical (unpaired) electrons. The molecule has 5 rings (SSSR count). The van der Waals surface area contributed by atoms with Gasteiger partial charge >= 0.3 is 0 Å². The maximum atomic E-state index is 14.4. The van der Waals surface area contributed by atoms with Crippen molar-refractivity contribution in [2.75, 3.05) is 31.1 Å². The predicted octanol–water partition coefficient (Wildman–Crippen LogP) is 3.88. The van der Waals surface area contributed by atoms with Crippen molar-refractivity contribution in [1.29, 1.82) is 0 Å². The van der Waals surface area contributed by atoms with E-state index in [1.165, 1.54) is 11.6 Å². The summed E-state index contributed by atoms with van der Waals surface area (Å²) in [4.78, 5) is 20.8. The van der Waals surface area contributed by atoms with E-state index in [1.807, 2.05) is 56.0 Å². The second kappa shape index (κ2) is 9.46. The molecule has 1 aliphatic heterocycles. The Labute approximate surface area is 209 Å². The zero-order valence-corrected chi connectivity index (χ0v) is 21.2. The van der Waals surface area contributed by atoms with E-state index in [1.54, 1.807) is 10.7 Å². The van der Waals surface area contributed by atoms with Crippen molar-refractivity contribution in [3.8, 4) is 0 Å². The largest absolute Gasteiger partial charge is 0.367 e. The number of hydrogen-bond acceptors (Lipinski definition) is 6. The number of aromatic amines is 1. The fourth-order valence-corrected chi connectivity index (χ4v) is 4.97. The summed E-state index contributed by atoms with van der Waals surface area (Å²) in [6.45, 7) is 10.7. The van der Waals surface area contributed by atoms with Crippen LogP contribution in [0.1, 0.15) is 50.7 Å². The Balaban J connectivity index is 1.57. The van der Waals surface area contributed by atoms with E-state index in [9.17, 15) is 9.18 Å². The van der Waals surface area contributed by atoms with Crippen molar-refractivity contribution < 1.29 is 4.39 Å². The van der Waals surface area contributed by atoms with Gasteiger partial charge in [0, 0.05) is 37.3 Å². The maximum absolute atomic E-state index is 14.4. The first-order valence-electron chi connectivity index (χ1n) is 12.4. The number of piperazine rings is 1. The summed E-state index contributed by atoms with van der Waals surface area (Å²) in [5, 5.41) is 13.7. The van der Waals surface area contributed by atoms with Crippen LogP contribution in [-0.4, -0.2) is 56.3 Å². The molecule has 1 atom stereocenters. The molecule has 0 unspecified atom stereocenters. The number of H-pyrrole nitrogens is 1. The maximum Gasteiger partial charge on any atom is 0.253 e. The molecule has 36 heavy (non-hydrogen) atoms.